The third-order valence-electron chi connectivity index (χ3n) is 3.85. The highest BCUT2D eigenvalue weighted by Crippen LogP contribution is 2.40. The fourth-order valence-corrected chi connectivity index (χ4v) is 2.64. The first-order valence-electron chi connectivity index (χ1n) is 6.89. The summed E-state index contributed by atoms with van der Waals surface area (Å²) in [6.45, 7) is 4.46. The van der Waals surface area contributed by atoms with Gasteiger partial charge in [-0.05, 0) is 51.3 Å². The number of nitrogens with one attached hydrogen (secondary N) is 1. The molecule has 1 aliphatic carbocycles. The number of hydrogen-bond acceptors (Lipinski definition) is 3. The zero-order chi connectivity index (χ0) is 14.0. The largest absolute Gasteiger partial charge is 0.469 e. The van der Waals surface area contributed by atoms with E-state index in [-0.39, 0.29) is 5.97 Å². The first-order valence-corrected chi connectivity index (χ1v) is 6.89. The zero-order valence-corrected chi connectivity index (χ0v) is 12.3. The molecule has 1 fully saturated rings. The molecule has 0 bridgehead atoms. The van der Waals surface area contributed by atoms with Crippen LogP contribution in [0.2, 0.25) is 0 Å². The fraction of sp³-hybridized carbons (Fsp3) is 0.667. The van der Waals surface area contributed by atoms with Crippen LogP contribution in [-0.4, -0.2) is 24.7 Å². The van der Waals surface area contributed by atoms with E-state index < -0.39 is 5.41 Å². The molecule has 2 rings (SSSR count). The van der Waals surface area contributed by atoms with Crippen molar-refractivity contribution in [2.24, 2.45) is 11.3 Å². The summed E-state index contributed by atoms with van der Waals surface area (Å²) in [7, 11) is 3.45. The standard InChI is InChI=1S/C15H24N2O2/c1-15(2,14(18)19-4)10-17-8-7-12(9-17)13(16-3)11-5-6-11/h7-9,11,13,16H,5-6,10H2,1-4H3. The van der Waals surface area contributed by atoms with E-state index in [9.17, 15) is 4.79 Å². The second-order valence-electron chi connectivity index (χ2n) is 6.10. The van der Waals surface area contributed by atoms with Crippen molar-refractivity contribution in [1.29, 1.82) is 0 Å². The fourth-order valence-electron chi connectivity index (χ4n) is 2.64. The van der Waals surface area contributed by atoms with Crippen LogP contribution in [0, 0.1) is 11.3 Å². The smallest absolute Gasteiger partial charge is 0.313 e. The van der Waals surface area contributed by atoms with Crippen LogP contribution in [0.25, 0.3) is 0 Å². The van der Waals surface area contributed by atoms with Gasteiger partial charge in [0.05, 0.1) is 12.5 Å². The molecule has 1 aromatic heterocycles. The molecule has 1 heterocycles. The molecule has 19 heavy (non-hydrogen) atoms. The van der Waals surface area contributed by atoms with E-state index in [1.807, 2.05) is 27.1 Å². The van der Waals surface area contributed by atoms with Gasteiger partial charge < -0.3 is 14.6 Å². The molecule has 1 aliphatic rings. The van der Waals surface area contributed by atoms with Crippen LogP contribution < -0.4 is 5.32 Å². The lowest BCUT2D eigenvalue weighted by molar-refractivity contribution is -0.151. The van der Waals surface area contributed by atoms with Crippen molar-refractivity contribution in [3.05, 3.63) is 24.0 Å². The van der Waals surface area contributed by atoms with Crippen molar-refractivity contribution in [1.82, 2.24) is 9.88 Å². The maximum Gasteiger partial charge on any atom is 0.313 e. The molecule has 0 saturated heterocycles. The molecule has 0 spiro atoms. The summed E-state index contributed by atoms with van der Waals surface area (Å²) in [4.78, 5) is 11.7. The highest BCUT2D eigenvalue weighted by Gasteiger charge is 2.32. The van der Waals surface area contributed by atoms with Crippen LogP contribution in [0.1, 0.15) is 38.3 Å². The van der Waals surface area contributed by atoms with Gasteiger partial charge in [0.25, 0.3) is 0 Å². The minimum atomic E-state index is -0.500. The number of methoxy groups -OCH3 is 1. The van der Waals surface area contributed by atoms with Crippen molar-refractivity contribution in [2.45, 2.75) is 39.3 Å². The SMILES string of the molecule is CNC(c1ccn(CC(C)(C)C(=O)OC)c1)C1CC1. The van der Waals surface area contributed by atoms with E-state index in [1.165, 1.54) is 25.5 Å². The monoisotopic (exact) mass is 264 g/mol. The summed E-state index contributed by atoms with van der Waals surface area (Å²) >= 11 is 0. The Bertz CT molecular complexity index is 447. The predicted octanol–water partition coefficient (Wildman–Crippen LogP) is 2.36. The second-order valence-corrected chi connectivity index (χ2v) is 6.10. The summed E-state index contributed by atoms with van der Waals surface area (Å²) < 4.78 is 6.93. The molecule has 4 nitrogen and oxygen atoms in total. The second kappa shape index (κ2) is 5.37. The maximum atomic E-state index is 11.7. The highest BCUT2D eigenvalue weighted by atomic mass is 16.5. The van der Waals surface area contributed by atoms with Gasteiger partial charge in [-0.25, -0.2) is 0 Å². The first-order chi connectivity index (χ1) is 8.97. The third kappa shape index (κ3) is 3.18. The number of aromatic nitrogens is 1. The summed E-state index contributed by atoms with van der Waals surface area (Å²) in [5.41, 5.74) is 0.811. The quantitative estimate of drug-likeness (QED) is 0.802. The zero-order valence-electron chi connectivity index (χ0n) is 12.3. The van der Waals surface area contributed by atoms with Gasteiger partial charge in [0.15, 0.2) is 0 Å². The van der Waals surface area contributed by atoms with Crippen molar-refractivity contribution in [3.8, 4) is 0 Å². The lowest BCUT2D eigenvalue weighted by Crippen LogP contribution is -2.30. The predicted molar refractivity (Wildman–Crippen MR) is 74.8 cm³/mol. The van der Waals surface area contributed by atoms with Gasteiger partial charge in [0.1, 0.15) is 0 Å². The van der Waals surface area contributed by atoms with Crippen molar-refractivity contribution < 1.29 is 9.53 Å². The molecule has 1 unspecified atom stereocenters. The molecule has 0 aromatic carbocycles. The molecule has 0 aliphatic heterocycles. The molecule has 0 radical (unpaired) electrons. The average molecular weight is 264 g/mol. The van der Waals surface area contributed by atoms with Crippen molar-refractivity contribution in [2.75, 3.05) is 14.2 Å². The Morgan fingerprint density at radius 2 is 2.26 bits per heavy atom. The number of esters is 1. The van der Waals surface area contributed by atoms with Crippen molar-refractivity contribution >= 4 is 5.97 Å². The Morgan fingerprint density at radius 1 is 1.58 bits per heavy atom. The number of hydrogen-bond donors (Lipinski definition) is 1. The number of ether oxygens (including phenoxy) is 1. The van der Waals surface area contributed by atoms with E-state index >= 15 is 0 Å². The average Bonchev–Trinajstić information content (AvgIpc) is 3.10. The Labute approximate surface area is 115 Å². The molecular weight excluding hydrogens is 240 g/mol. The molecule has 4 heteroatoms. The number of nitrogens with zero attached hydrogens (tertiary/aromatic N) is 1. The molecule has 1 saturated carbocycles. The molecular formula is C15H24N2O2. The Morgan fingerprint density at radius 3 is 2.79 bits per heavy atom. The highest BCUT2D eigenvalue weighted by molar-refractivity contribution is 5.75. The summed E-state index contributed by atoms with van der Waals surface area (Å²) in [6.07, 6.45) is 6.81. The molecule has 0 amide bonds. The Hall–Kier alpha value is -1.29. The van der Waals surface area contributed by atoms with Crippen LogP contribution in [0.4, 0.5) is 0 Å². The van der Waals surface area contributed by atoms with E-state index in [4.69, 9.17) is 4.74 Å². The normalized spacial score (nSPS) is 17.3. The summed E-state index contributed by atoms with van der Waals surface area (Å²) in [5, 5.41) is 3.39. The number of rotatable bonds is 6. The van der Waals surface area contributed by atoms with Gasteiger partial charge in [-0.15, -0.1) is 0 Å². The lowest BCUT2D eigenvalue weighted by Gasteiger charge is -2.22. The van der Waals surface area contributed by atoms with Gasteiger partial charge in [-0.3, -0.25) is 4.79 Å². The van der Waals surface area contributed by atoms with E-state index in [0.29, 0.717) is 12.6 Å². The number of carbonyl (C=O) groups is 1. The van der Waals surface area contributed by atoms with E-state index in [2.05, 4.69) is 22.1 Å². The maximum absolute atomic E-state index is 11.7. The lowest BCUT2D eigenvalue weighted by atomic mass is 9.94. The minimum absolute atomic E-state index is 0.171. The topological polar surface area (TPSA) is 43.3 Å². The first kappa shape index (κ1) is 14.1. The van der Waals surface area contributed by atoms with Gasteiger partial charge >= 0.3 is 5.97 Å². The molecule has 1 N–H and O–H groups in total. The van der Waals surface area contributed by atoms with Gasteiger partial charge in [-0.2, -0.15) is 0 Å². The Balaban J connectivity index is 2.06. The van der Waals surface area contributed by atoms with Crippen LogP contribution in [-0.2, 0) is 16.1 Å². The van der Waals surface area contributed by atoms with Crippen LogP contribution in [0.15, 0.2) is 18.5 Å². The van der Waals surface area contributed by atoms with E-state index in [1.54, 1.807) is 0 Å². The third-order valence-corrected chi connectivity index (χ3v) is 3.85. The molecule has 106 valence electrons. The summed E-state index contributed by atoms with van der Waals surface area (Å²) in [6, 6.07) is 2.59. The summed E-state index contributed by atoms with van der Waals surface area (Å²) in [5.74, 6) is 0.601. The van der Waals surface area contributed by atoms with Crippen LogP contribution in [0.5, 0.6) is 0 Å². The molecule has 1 atom stereocenters. The molecule has 1 aromatic rings. The Kier molecular flexibility index (Phi) is 3.99. The van der Waals surface area contributed by atoms with Crippen molar-refractivity contribution in [3.63, 3.8) is 0 Å². The van der Waals surface area contributed by atoms with Crippen LogP contribution >= 0.6 is 0 Å². The van der Waals surface area contributed by atoms with Gasteiger partial charge in [-0.1, -0.05) is 0 Å². The van der Waals surface area contributed by atoms with Gasteiger partial charge in [0, 0.05) is 25.0 Å². The van der Waals surface area contributed by atoms with E-state index in [0.717, 1.165) is 5.92 Å². The van der Waals surface area contributed by atoms with Crippen LogP contribution in [0.3, 0.4) is 0 Å². The minimum Gasteiger partial charge on any atom is -0.469 e. The van der Waals surface area contributed by atoms with Gasteiger partial charge in [0.2, 0.25) is 0 Å². The number of carbonyl (C=O) groups excluding carboxylic acids is 1.